The SMILES string of the molecule is COCCN1C(=O)C(=O)/C(=C(/O)c2ccc(OC(C)C)cc2)[C@H]1c1cccs1. The van der Waals surface area contributed by atoms with Crippen molar-refractivity contribution in [2.75, 3.05) is 20.3 Å². The zero-order valence-electron chi connectivity index (χ0n) is 16.0. The zero-order valence-corrected chi connectivity index (χ0v) is 16.9. The number of carbonyl (C=O) groups is 2. The molecule has 1 aliphatic heterocycles. The highest BCUT2D eigenvalue weighted by atomic mass is 32.1. The summed E-state index contributed by atoms with van der Waals surface area (Å²) in [4.78, 5) is 27.6. The quantitative estimate of drug-likeness (QED) is 0.436. The van der Waals surface area contributed by atoms with E-state index in [0.29, 0.717) is 17.9 Å². The molecule has 1 N–H and O–H groups in total. The van der Waals surface area contributed by atoms with E-state index in [-0.39, 0.29) is 24.0 Å². The Bertz CT molecular complexity index is 871. The van der Waals surface area contributed by atoms with Gasteiger partial charge in [0.05, 0.1) is 24.3 Å². The van der Waals surface area contributed by atoms with Crippen LogP contribution < -0.4 is 4.74 Å². The number of thiophene rings is 1. The van der Waals surface area contributed by atoms with Crippen molar-refractivity contribution in [3.63, 3.8) is 0 Å². The van der Waals surface area contributed by atoms with Crippen molar-refractivity contribution in [1.82, 2.24) is 4.90 Å². The number of benzene rings is 1. The van der Waals surface area contributed by atoms with Gasteiger partial charge in [0.15, 0.2) is 0 Å². The molecule has 6 nitrogen and oxygen atoms in total. The molecule has 1 amide bonds. The molecule has 0 unspecified atom stereocenters. The van der Waals surface area contributed by atoms with Gasteiger partial charge in [-0.15, -0.1) is 11.3 Å². The standard InChI is InChI=1S/C21H23NO5S/c1-13(2)27-15-8-6-14(7-9-15)19(23)17-18(16-5-4-12-28-16)22(10-11-26-3)21(25)20(17)24/h4-9,12-13,18,23H,10-11H2,1-3H3/b19-17+/t18-/m1/s1. The third kappa shape index (κ3) is 3.95. The van der Waals surface area contributed by atoms with E-state index >= 15 is 0 Å². The number of nitrogens with zero attached hydrogens (tertiary/aromatic N) is 1. The number of methoxy groups -OCH3 is 1. The maximum Gasteiger partial charge on any atom is 0.295 e. The van der Waals surface area contributed by atoms with Gasteiger partial charge in [0.25, 0.3) is 11.7 Å². The van der Waals surface area contributed by atoms with Crippen molar-refractivity contribution in [2.24, 2.45) is 0 Å². The minimum Gasteiger partial charge on any atom is -0.507 e. The summed E-state index contributed by atoms with van der Waals surface area (Å²) >= 11 is 1.43. The smallest absolute Gasteiger partial charge is 0.295 e. The normalized spacial score (nSPS) is 18.9. The number of aliphatic hydroxyl groups is 1. The van der Waals surface area contributed by atoms with E-state index in [1.807, 2.05) is 31.4 Å². The maximum atomic E-state index is 12.7. The molecule has 1 atom stereocenters. The van der Waals surface area contributed by atoms with Crippen LogP contribution in [0, 0.1) is 0 Å². The van der Waals surface area contributed by atoms with Crippen molar-refractivity contribution in [2.45, 2.75) is 26.0 Å². The number of ketones is 1. The lowest BCUT2D eigenvalue weighted by Crippen LogP contribution is -2.32. The van der Waals surface area contributed by atoms with Gasteiger partial charge in [-0.25, -0.2) is 0 Å². The Kier molecular flexibility index (Phi) is 6.16. The molecule has 1 aromatic heterocycles. The molecule has 148 valence electrons. The van der Waals surface area contributed by atoms with E-state index in [2.05, 4.69) is 0 Å². The van der Waals surface area contributed by atoms with E-state index in [0.717, 1.165) is 4.88 Å². The van der Waals surface area contributed by atoms with Crippen LogP contribution in [0.3, 0.4) is 0 Å². The van der Waals surface area contributed by atoms with Crippen LogP contribution in [-0.2, 0) is 14.3 Å². The number of Topliss-reactive ketones (excluding diaryl/α,β-unsaturated/α-hetero) is 1. The Hall–Kier alpha value is -2.64. The Balaban J connectivity index is 2.03. The number of hydrogen-bond acceptors (Lipinski definition) is 6. The van der Waals surface area contributed by atoms with Gasteiger partial charge in [0, 0.05) is 24.1 Å². The second kappa shape index (κ2) is 8.58. The van der Waals surface area contributed by atoms with Crippen LogP contribution in [0.2, 0.25) is 0 Å². The average Bonchev–Trinajstić information content (AvgIpc) is 3.27. The van der Waals surface area contributed by atoms with Crippen LogP contribution in [-0.4, -0.2) is 48.1 Å². The molecule has 0 aliphatic carbocycles. The summed E-state index contributed by atoms with van der Waals surface area (Å²) in [7, 11) is 1.54. The monoisotopic (exact) mass is 401 g/mol. The summed E-state index contributed by atoms with van der Waals surface area (Å²) in [6.45, 7) is 4.42. The lowest BCUT2D eigenvalue weighted by atomic mass is 10.00. The molecule has 0 bridgehead atoms. The van der Waals surface area contributed by atoms with Gasteiger partial charge in [0.1, 0.15) is 11.5 Å². The summed E-state index contributed by atoms with van der Waals surface area (Å²) in [5.41, 5.74) is 0.559. The highest BCUT2D eigenvalue weighted by Crippen LogP contribution is 2.41. The van der Waals surface area contributed by atoms with E-state index < -0.39 is 17.7 Å². The summed E-state index contributed by atoms with van der Waals surface area (Å²) in [5.74, 6) is -0.832. The molecule has 1 fully saturated rings. The molecule has 1 aromatic carbocycles. The van der Waals surface area contributed by atoms with Crippen molar-refractivity contribution in [3.05, 3.63) is 57.8 Å². The van der Waals surface area contributed by atoms with Gasteiger partial charge in [-0.2, -0.15) is 0 Å². The second-order valence-electron chi connectivity index (χ2n) is 6.69. The summed E-state index contributed by atoms with van der Waals surface area (Å²) in [5, 5.41) is 12.8. The number of aliphatic hydroxyl groups excluding tert-OH is 1. The summed E-state index contributed by atoms with van der Waals surface area (Å²) < 4.78 is 10.7. The third-order valence-electron chi connectivity index (χ3n) is 4.39. The number of amides is 1. The third-order valence-corrected chi connectivity index (χ3v) is 5.31. The van der Waals surface area contributed by atoms with Crippen LogP contribution in [0.25, 0.3) is 5.76 Å². The van der Waals surface area contributed by atoms with Crippen molar-refractivity contribution in [3.8, 4) is 5.75 Å². The van der Waals surface area contributed by atoms with E-state index in [4.69, 9.17) is 9.47 Å². The van der Waals surface area contributed by atoms with Crippen LogP contribution in [0.4, 0.5) is 0 Å². The van der Waals surface area contributed by atoms with Crippen LogP contribution in [0.1, 0.15) is 30.3 Å². The first-order valence-electron chi connectivity index (χ1n) is 9.02. The molecule has 2 heterocycles. The lowest BCUT2D eigenvalue weighted by Gasteiger charge is -2.23. The molecular weight excluding hydrogens is 378 g/mol. The molecule has 1 aliphatic rings. The molecule has 28 heavy (non-hydrogen) atoms. The first-order chi connectivity index (χ1) is 13.4. The van der Waals surface area contributed by atoms with Gasteiger partial charge >= 0.3 is 0 Å². The highest BCUT2D eigenvalue weighted by molar-refractivity contribution is 7.10. The minimum absolute atomic E-state index is 0.0318. The lowest BCUT2D eigenvalue weighted by molar-refractivity contribution is -0.140. The van der Waals surface area contributed by atoms with Crippen LogP contribution >= 0.6 is 11.3 Å². The van der Waals surface area contributed by atoms with Crippen LogP contribution in [0.15, 0.2) is 47.4 Å². The molecular formula is C21H23NO5S. The number of ether oxygens (including phenoxy) is 2. The highest BCUT2D eigenvalue weighted by Gasteiger charge is 2.46. The van der Waals surface area contributed by atoms with E-state index in [9.17, 15) is 14.7 Å². The molecule has 1 saturated heterocycles. The van der Waals surface area contributed by atoms with Gasteiger partial charge in [0.2, 0.25) is 0 Å². The fourth-order valence-corrected chi connectivity index (χ4v) is 4.01. The Morgan fingerprint density at radius 1 is 1.21 bits per heavy atom. The molecule has 3 rings (SSSR count). The van der Waals surface area contributed by atoms with Gasteiger partial charge in [-0.3, -0.25) is 9.59 Å². The minimum atomic E-state index is -0.686. The average molecular weight is 401 g/mol. The largest absolute Gasteiger partial charge is 0.507 e. The van der Waals surface area contributed by atoms with Gasteiger partial charge in [-0.1, -0.05) is 6.07 Å². The first kappa shape index (κ1) is 20.1. The molecule has 0 saturated carbocycles. The number of carbonyl (C=O) groups excluding carboxylic acids is 2. The van der Waals surface area contributed by atoms with Crippen molar-refractivity contribution < 1.29 is 24.2 Å². The Labute approximate surface area is 168 Å². The number of rotatable bonds is 7. The molecule has 2 aromatic rings. The second-order valence-corrected chi connectivity index (χ2v) is 7.67. The predicted molar refractivity (Wildman–Crippen MR) is 107 cm³/mol. The Morgan fingerprint density at radius 2 is 1.93 bits per heavy atom. The van der Waals surface area contributed by atoms with Crippen molar-refractivity contribution >= 4 is 28.8 Å². The zero-order chi connectivity index (χ0) is 20.3. The first-order valence-corrected chi connectivity index (χ1v) is 9.89. The van der Waals surface area contributed by atoms with E-state index in [1.165, 1.54) is 23.3 Å². The fraction of sp³-hybridized carbons (Fsp3) is 0.333. The van der Waals surface area contributed by atoms with Crippen LogP contribution in [0.5, 0.6) is 5.75 Å². The van der Waals surface area contributed by atoms with Gasteiger partial charge < -0.3 is 19.5 Å². The number of hydrogen-bond donors (Lipinski definition) is 1. The summed E-state index contributed by atoms with van der Waals surface area (Å²) in [6, 6.07) is 9.92. The fourth-order valence-electron chi connectivity index (χ4n) is 3.16. The predicted octanol–water partition coefficient (Wildman–Crippen LogP) is 3.60. The van der Waals surface area contributed by atoms with Gasteiger partial charge in [-0.05, 0) is 49.6 Å². The molecule has 0 radical (unpaired) electrons. The van der Waals surface area contributed by atoms with E-state index in [1.54, 1.807) is 24.3 Å². The number of likely N-dealkylation sites (tertiary alicyclic amines) is 1. The molecule has 7 heteroatoms. The Morgan fingerprint density at radius 3 is 2.50 bits per heavy atom. The van der Waals surface area contributed by atoms with Crippen molar-refractivity contribution in [1.29, 1.82) is 0 Å². The summed E-state index contributed by atoms with van der Waals surface area (Å²) in [6.07, 6.45) is 0.0318. The maximum absolute atomic E-state index is 12.7. The molecule has 0 spiro atoms. The topological polar surface area (TPSA) is 76.1 Å².